The molecule has 0 atom stereocenters. The molecule has 0 radical (unpaired) electrons. The monoisotopic (exact) mass is 227 g/mol. The Morgan fingerprint density at radius 2 is 1.88 bits per heavy atom. The van der Waals surface area contributed by atoms with Gasteiger partial charge in [0.2, 0.25) is 0 Å². The minimum Gasteiger partial charge on any atom is -0.286 e. The maximum Gasteiger partial charge on any atom is 0.184 e. The van der Waals surface area contributed by atoms with Gasteiger partial charge in [-0.1, -0.05) is 6.92 Å². The van der Waals surface area contributed by atoms with Gasteiger partial charge in [-0.3, -0.25) is 4.40 Å². The van der Waals surface area contributed by atoms with Crippen molar-refractivity contribution in [2.24, 2.45) is 0 Å². The van der Waals surface area contributed by atoms with Crippen LogP contribution in [0.1, 0.15) is 24.1 Å². The predicted octanol–water partition coefficient (Wildman–Crippen LogP) is 1.85. The van der Waals surface area contributed by atoms with E-state index in [0.717, 1.165) is 34.8 Å². The van der Waals surface area contributed by atoms with Crippen LogP contribution in [0, 0.1) is 13.8 Å². The Labute approximate surface area is 98.6 Å². The average Bonchev–Trinajstić information content (AvgIpc) is 2.79. The van der Waals surface area contributed by atoms with Gasteiger partial charge in [0.15, 0.2) is 16.8 Å². The van der Waals surface area contributed by atoms with Crippen LogP contribution in [0.25, 0.3) is 16.8 Å². The topological polar surface area (TPSA) is 56.0 Å². The van der Waals surface area contributed by atoms with Crippen molar-refractivity contribution in [1.82, 2.24) is 24.3 Å². The number of imidazole rings is 1. The highest BCUT2D eigenvalue weighted by Crippen LogP contribution is 2.16. The summed E-state index contributed by atoms with van der Waals surface area (Å²) < 4.78 is 1.98. The lowest BCUT2D eigenvalue weighted by Gasteiger charge is -2.06. The number of fused-ring (bicyclic) bond motifs is 3. The summed E-state index contributed by atoms with van der Waals surface area (Å²) in [5, 5.41) is 0. The molecule has 0 bridgehead atoms. The second-order valence-electron chi connectivity index (χ2n) is 4.07. The van der Waals surface area contributed by atoms with Crippen LogP contribution >= 0.6 is 0 Å². The number of hydrogen-bond donors (Lipinski definition) is 0. The van der Waals surface area contributed by atoms with Crippen LogP contribution in [0.15, 0.2) is 12.4 Å². The summed E-state index contributed by atoms with van der Waals surface area (Å²) in [6.45, 7) is 5.97. The molecule has 17 heavy (non-hydrogen) atoms. The zero-order valence-electron chi connectivity index (χ0n) is 10.1. The van der Waals surface area contributed by atoms with Crippen LogP contribution in [0.2, 0.25) is 0 Å². The first-order valence-corrected chi connectivity index (χ1v) is 5.67. The average molecular weight is 227 g/mol. The molecular weight excluding hydrogens is 214 g/mol. The molecule has 0 spiro atoms. The van der Waals surface area contributed by atoms with Crippen molar-refractivity contribution >= 4 is 16.8 Å². The Kier molecular flexibility index (Phi) is 2.07. The fourth-order valence-electron chi connectivity index (χ4n) is 1.93. The molecule has 5 nitrogen and oxygen atoms in total. The number of aromatic nitrogens is 5. The van der Waals surface area contributed by atoms with Crippen molar-refractivity contribution in [2.45, 2.75) is 27.2 Å². The molecular formula is C12H13N5. The zero-order chi connectivity index (χ0) is 12.0. The molecule has 3 aromatic rings. The standard InChI is InChI=1S/C12H13N5/c1-4-9-16-11-10(12-13-5-6-17(9)12)14-7(2)8(3)15-11/h5-6H,4H2,1-3H3. The number of rotatable bonds is 1. The van der Waals surface area contributed by atoms with Gasteiger partial charge in [0.1, 0.15) is 5.82 Å². The van der Waals surface area contributed by atoms with Crippen LogP contribution in [-0.4, -0.2) is 24.3 Å². The van der Waals surface area contributed by atoms with E-state index >= 15 is 0 Å². The first-order chi connectivity index (χ1) is 8.20. The SMILES string of the molecule is CCc1nc2nc(C)c(C)nc2c2nccn12. The van der Waals surface area contributed by atoms with Crippen LogP contribution < -0.4 is 0 Å². The van der Waals surface area contributed by atoms with E-state index in [1.54, 1.807) is 6.20 Å². The fraction of sp³-hybridized carbons (Fsp3) is 0.333. The Morgan fingerprint density at radius 3 is 2.65 bits per heavy atom. The van der Waals surface area contributed by atoms with Crippen molar-refractivity contribution in [3.05, 3.63) is 29.6 Å². The highest BCUT2D eigenvalue weighted by atomic mass is 15.1. The molecule has 0 amide bonds. The Balaban J connectivity index is 2.53. The molecule has 0 saturated heterocycles. The highest BCUT2D eigenvalue weighted by Gasteiger charge is 2.11. The third kappa shape index (κ3) is 1.39. The van der Waals surface area contributed by atoms with E-state index in [0.29, 0.717) is 5.65 Å². The van der Waals surface area contributed by atoms with E-state index < -0.39 is 0 Å². The molecule has 0 fully saturated rings. The van der Waals surface area contributed by atoms with Gasteiger partial charge in [0.05, 0.1) is 11.4 Å². The zero-order valence-corrected chi connectivity index (χ0v) is 10.1. The van der Waals surface area contributed by atoms with Gasteiger partial charge in [0, 0.05) is 18.8 Å². The summed E-state index contributed by atoms with van der Waals surface area (Å²) in [6.07, 6.45) is 4.53. The number of hydrogen-bond acceptors (Lipinski definition) is 4. The molecule has 0 saturated carbocycles. The van der Waals surface area contributed by atoms with Gasteiger partial charge >= 0.3 is 0 Å². The largest absolute Gasteiger partial charge is 0.286 e. The number of nitrogens with zero attached hydrogens (tertiary/aromatic N) is 5. The molecule has 5 heteroatoms. The molecule has 0 aliphatic heterocycles. The van der Waals surface area contributed by atoms with E-state index in [9.17, 15) is 0 Å². The fourth-order valence-corrected chi connectivity index (χ4v) is 1.93. The lowest BCUT2D eigenvalue weighted by atomic mass is 10.3. The number of aryl methyl sites for hydroxylation is 3. The summed E-state index contributed by atoms with van der Waals surface area (Å²) in [4.78, 5) is 17.9. The van der Waals surface area contributed by atoms with Gasteiger partial charge in [-0.2, -0.15) is 0 Å². The van der Waals surface area contributed by atoms with Gasteiger partial charge in [-0.15, -0.1) is 0 Å². The van der Waals surface area contributed by atoms with Crippen molar-refractivity contribution in [3.8, 4) is 0 Å². The molecule has 3 rings (SSSR count). The molecule has 0 aliphatic carbocycles. The van der Waals surface area contributed by atoms with E-state index in [1.165, 1.54) is 0 Å². The maximum atomic E-state index is 4.55. The van der Waals surface area contributed by atoms with E-state index in [1.807, 2.05) is 24.4 Å². The Morgan fingerprint density at radius 1 is 1.12 bits per heavy atom. The van der Waals surface area contributed by atoms with Crippen LogP contribution in [0.5, 0.6) is 0 Å². The molecule has 0 unspecified atom stereocenters. The Bertz CT molecular complexity index is 714. The quantitative estimate of drug-likeness (QED) is 0.636. The van der Waals surface area contributed by atoms with Crippen LogP contribution in [-0.2, 0) is 6.42 Å². The van der Waals surface area contributed by atoms with E-state index in [4.69, 9.17) is 0 Å². The first kappa shape index (κ1) is 10.1. The van der Waals surface area contributed by atoms with E-state index in [-0.39, 0.29) is 0 Å². The third-order valence-corrected chi connectivity index (χ3v) is 2.97. The third-order valence-electron chi connectivity index (χ3n) is 2.97. The lowest BCUT2D eigenvalue weighted by Crippen LogP contribution is -2.04. The minimum absolute atomic E-state index is 0.684. The summed E-state index contributed by atoms with van der Waals surface area (Å²) in [5.74, 6) is 0.961. The lowest BCUT2D eigenvalue weighted by molar-refractivity contribution is 0.900. The summed E-state index contributed by atoms with van der Waals surface area (Å²) in [5.41, 5.74) is 4.14. The van der Waals surface area contributed by atoms with Gasteiger partial charge in [-0.05, 0) is 13.8 Å². The molecule has 0 aromatic carbocycles. The van der Waals surface area contributed by atoms with Gasteiger partial charge in [-0.25, -0.2) is 19.9 Å². The van der Waals surface area contributed by atoms with Crippen molar-refractivity contribution < 1.29 is 0 Å². The normalized spacial score (nSPS) is 11.5. The predicted molar refractivity (Wildman–Crippen MR) is 64.9 cm³/mol. The van der Waals surface area contributed by atoms with Gasteiger partial charge < -0.3 is 0 Å². The first-order valence-electron chi connectivity index (χ1n) is 5.67. The second-order valence-corrected chi connectivity index (χ2v) is 4.07. The second kappa shape index (κ2) is 3.48. The molecule has 3 heterocycles. The summed E-state index contributed by atoms with van der Waals surface area (Å²) in [6, 6.07) is 0. The smallest absolute Gasteiger partial charge is 0.184 e. The molecule has 0 N–H and O–H groups in total. The van der Waals surface area contributed by atoms with Gasteiger partial charge in [0.25, 0.3) is 0 Å². The molecule has 86 valence electrons. The van der Waals surface area contributed by atoms with Crippen molar-refractivity contribution in [1.29, 1.82) is 0 Å². The Hall–Kier alpha value is -2.04. The minimum atomic E-state index is 0.684. The summed E-state index contributed by atoms with van der Waals surface area (Å²) >= 11 is 0. The van der Waals surface area contributed by atoms with Crippen LogP contribution in [0.3, 0.4) is 0 Å². The summed E-state index contributed by atoms with van der Waals surface area (Å²) in [7, 11) is 0. The molecule has 0 aliphatic rings. The maximum absolute atomic E-state index is 4.55. The van der Waals surface area contributed by atoms with Crippen molar-refractivity contribution in [2.75, 3.05) is 0 Å². The molecule has 3 aromatic heterocycles. The van der Waals surface area contributed by atoms with E-state index in [2.05, 4.69) is 26.9 Å². The highest BCUT2D eigenvalue weighted by molar-refractivity contribution is 5.85. The van der Waals surface area contributed by atoms with Crippen molar-refractivity contribution in [3.63, 3.8) is 0 Å². The van der Waals surface area contributed by atoms with Crippen LogP contribution in [0.4, 0.5) is 0 Å².